The van der Waals surface area contributed by atoms with E-state index in [2.05, 4.69) is 15.1 Å². The highest BCUT2D eigenvalue weighted by molar-refractivity contribution is 5.89. The quantitative estimate of drug-likeness (QED) is 0.705. The Kier molecular flexibility index (Phi) is 3.86. The van der Waals surface area contributed by atoms with Crippen molar-refractivity contribution in [2.45, 2.75) is 18.5 Å². The van der Waals surface area contributed by atoms with Crippen LogP contribution in [0, 0.1) is 11.6 Å². The lowest BCUT2D eigenvalue weighted by Crippen LogP contribution is -2.72. The SMILES string of the molecule is O=C1C2CC(CN1CCF)N2c1nc2c(cnn2-c2ccc(F)cc2F)c(=O)[nH]1. The summed E-state index contributed by atoms with van der Waals surface area (Å²) in [5.74, 6) is -1.64. The van der Waals surface area contributed by atoms with Crippen molar-refractivity contribution < 1.29 is 18.0 Å². The third kappa shape index (κ3) is 2.60. The van der Waals surface area contributed by atoms with Gasteiger partial charge >= 0.3 is 0 Å². The zero-order valence-electron chi connectivity index (χ0n) is 15.0. The molecular formula is C18H15F3N6O2. The van der Waals surface area contributed by atoms with Crippen molar-refractivity contribution in [3.05, 3.63) is 46.4 Å². The Bertz CT molecular complexity index is 1190. The van der Waals surface area contributed by atoms with E-state index in [-0.39, 0.29) is 41.2 Å². The van der Waals surface area contributed by atoms with Crippen LogP contribution in [0.4, 0.5) is 19.1 Å². The topological polar surface area (TPSA) is 87.1 Å². The Morgan fingerprint density at radius 2 is 2.07 bits per heavy atom. The van der Waals surface area contributed by atoms with E-state index in [1.54, 1.807) is 4.90 Å². The van der Waals surface area contributed by atoms with Gasteiger partial charge in [0.05, 0.1) is 12.2 Å². The molecule has 1 aromatic carbocycles. The average Bonchev–Trinajstić information content (AvgIpc) is 3.07. The molecule has 0 spiro atoms. The molecule has 2 bridgehead atoms. The van der Waals surface area contributed by atoms with Crippen LogP contribution in [-0.4, -0.2) is 62.4 Å². The number of hydrogen-bond acceptors (Lipinski definition) is 5. The molecule has 0 saturated carbocycles. The second-order valence-electron chi connectivity index (χ2n) is 7.06. The number of piperazine rings is 1. The van der Waals surface area contributed by atoms with E-state index in [1.165, 1.54) is 17.2 Å². The van der Waals surface area contributed by atoms with Crippen LogP contribution < -0.4 is 10.5 Å². The van der Waals surface area contributed by atoms with Crippen LogP contribution in [0.15, 0.2) is 29.2 Å². The number of halogens is 3. The highest BCUT2D eigenvalue weighted by Crippen LogP contribution is 2.36. The molecule has 4 heterocycles. The zero-order chi connectivity index (χ0) is 20.3. The van der Waals surface area contributed by atoms with Gasteiger partial charge in [-0.3, -0.25) is 14.6 Å². The van der Waals surface area contributed by atoms with E-state index in [0.29, 0.717) is 13.0 Å². The number of piperidine rings is 1. The van der Waals surface area contributed by atoms with Gasteiger partial charge in [-0.1, -0.05) is 0 Å². The Labute approximate surface area is 161 Å². The highest BCUT2D eigenvalue weighted by Gasteiger charge is 2.51. The van der Waals surface area contributed by atoms with E-state index in [1.807, 2.05) is 0 Å². The number of carbonyl (C=O) groups excluding carboxylic acids is 1. The molecule has 5 rings (SSSR count). The molecule has 2 atom stereocenters. The molecular weight excluding hydrogens is 389 g/mol. The number of nitrogens with zero attached hydrogens (tertiary/aromatic N) is 5. The zero-order valence-corrected chi connectivity index (χ0v) is 15.0. The van der Waals surface area contributed by atoms with Gasteiger partial charge in [0.15, 0.2) is 11.5 Å². The van der Waals surface area contributed by atoms with E-state index in [0.717, 1.165) is 16.8 Å². The number of amides is 1. The van der Waals surface area contributed by atoms with Gasteiger partial charge in [-0.25, -0.2) is 17.9 Å². The van der Waals surface area contributed by atoms with Crippen molar-refractivity contribution in [3.8, 4) is 5.69 Å². The number of anilines is 1. The second-order valence-corrected chi connectivity index (χ2v) is 7.06. The minimum absolute atomic E-state index is 0.0409. The van der Waals surface area contributed by atoms with Gasteiger partial charge in [0.2, 0.25) is 11.9 Å². The van der Waals surface area contributed by atoms with Crippen LogP contribution in [0.5, 0.6) is 0 Å². The summed E-state index contributed by atoms with van der Waals surface area (Å²) >= 11 is 0. The van der Waals surface area contributed by atoms with Crippen molar-refractivity contribution in [2.24, 2.45) is 0 Å². The molecule has 2 saturated heterocycles. The summed E-state index contributed by atoms with van der Waals surface area (Å²) in [6, 6.07) is 2.38. The van der Waals surface area contributed by atoms with Crippen molar-refractivity contribution in [2.75, 3.05) is 24.7 Å². The molecule has 8 nitrogen and oxygen atoms in total. The number of alkyl halides is 1. The number of fused-ring (bicyclic) bond motifs is 3. The van der Waals surface area contributed by atoms with E-state index in [9.17, 15) is 22.8 Å². The van der Waals surface area contributed by atoms with Gasteiger partial charge in [0.1, 0.15) is 29.6 Å². The molecule has 3 aromatic rings. The summed E-state index contributed by atoms with van der Waals surface area (Å²) in [7, 11) is 0. The van der Waals surface area contributed by atoms with Gasteiger partial charge < -0.3 is 9.80 Å². The first-order valence-electron chi connectivity index (χ1n) is 9.04. The summed E-state index contributed by atoms with van der Waals surface area (Å²) in [5, 5.41) is 4.15. The smallest absolute Gasteiger partial charge is 0.263 e. The Balaban J connectivity index is 1.57. The van der Waals surface area contributed by atoms with E-state index >= 15 is 0 Å². The number of aromatic nitrogens is 4. The number of benzene rings is 1. The number of carbonyl (C=O) groups is 1. The molecule has 2 unspecified atom stereocenters. The Morgan fingerprint density at radius 3 is 2.79 bits per heavy atom. The fourth-order valence-electron chi connectivity index (χ4n) is 4.02. The molecule has 2 aliphatic heterocycles. The average molecular weight is 404 g/mol. The number of hydrogen-bond donors (Lipinski definition) is 1. The molecule has 0 aliphatic carbocycles. The first kappa shape index (κ1) is 17.7. The minimum atomic E-state index is -0.850. The van der Waals surface area contributed by atoms with E-state index < -0.39 is 29.9 Å². The van der Waals surface area contributed by atoms with Crippen LogP contribution in [0.1, 0.15) is 6.42 Å². The first-order valence-corrected chi connectivity index (χ1v) is 9.04. The number of nitrogens with one attached hydrogen (secondary N) is 1. The van der Waals surface area contributed by atoms with E-state index in [4.69, 9.17) is 0 Å². The van der Waals surface area contributed by atoms with Crippen LogP contribution >= 0.6 is 0 Å². The summed E-state index contributed by atoms with van der Waals surface area (Å²) in [5.41, 5.74) is -0.455. The van der Waals surface area contributed by atoms with Crippen LogP contribution in [0.2, 0.25) is 0 Å². The molecule has 1 N–H and O–H groups in total. The maximum Gasteiger partial charge on any atom is 0.263 e. The predicted molar refractivity (Wildman–Crippen MR) is 96.6 cm³/mol. The van der Waals surface area contributed by atoms with Gasteiger partial charge in [-0.15, -0.1) is 0 Å². The fraction of sp³-hybridized carbons (Fsp3) is 0.333. The van der Waals surface area contributed by atoms with Crippen molar-refractivity contribution >= 4 is 22.9 Å². The van der Waals surface area contributed by atoms with Crippen LogP contribution in [0.25, 0.3) is 16.7 Å². The fourth-order valence-corrected chi connectivity index (χ4v) is 4.02. The standard InChI is InChI=1S/C18H15F3N6O2/c19-3-4-25-8-10-6-14(17(25)29)26(10)18-23-15-11(16(28)24-18)7-22-27(15)13-2-1-9(20)5-12(13)21/h1-2,5,7,10,14H,3-4,6,8H2,(H,23,24,28). The van der Waals surface area contributed by atoms with Crippen LogP contribution in [-0.2, 0) is 4.79 Å². The molecule has 2 fully saturated rings. The minimum Gasteiger partial charge on any atom is -0.336 e. The number of aromatic amines is 1. The molecule has 2 aliphatic rings. The molecule has 0 radical (unpaired) electrons. The maximum atomic E-state index is 14.2. The van der Waals surface area contributed by atoms with Gasteiger partial charge in [0.25, 0.3) is 5.56 Å². The summed E-state index contributed by atoms with van der Waals surface area (Å²) in [6.45, 7) is -0.235. The second kappa shape index (κ2) is 6.33. The third-order valence-corrected chi connectivity index (χ3v) is 5.41. The third-order valence-electron chi connectivity index (χ3n) is 5.41. The lowest BCUT2D eigenvalue weighted by Gasteiger charge is -2.55. The maximum absolute atomic E-state index is 14.2. The predicted octanol–water partition coefficient (Wildman–Crippen LogP) is 1.15. The largest absolute Gasteiger partial charge is 0.336 e. The molecule has 11 heteroatoms. The number of rotatable bonds is 4. The summed E-state index contributed by atoms with van der Waals surface area (Å²) in [4.78, 5) is 35.2. The lowest BCUT2D eigenvalue weighted by atomic mass is 9.87. The molecule has 29 heavy (non-hydrogen) atoms. The van der Waals surface area contributed by atoms with Gasteiger partial charge in [-0.2, -0.15) is 10.1 Å². The Hall–Kier alpha value is -3.37. The Morgan fingerprint density at radius 1 is 1.24 bits per heavy atom. The van der Waals surface area contributed by atoms with Gasteiger partial charge in [0, 0.05) is 19.2 Å². The van der Waals surface area contributed by atoms with Gasteiger partial charge in [-0.05, 0) is 18.6 Å². The number of likely N-dealkylation sites (tertiary alicyclic amines) is 1. The lowest BCUT2D eigenvalue weighted by molar-refractivity contribution is -0.140. The summed E-state index contributed by atoms with van der Waals surface area (Å²) < 4.78 is 41.2. The van der Waals surface area contributed by atoms with Crippen molar-refractivity contribution in [1.82, 2.24) is 24.6 Å². The van der Waals surface area contributed by atoms with Crippen molar-refractivity contribution in [3.63, 3.8) is 0 Å². The summed E-state index contributed by atoms with van der Waals surface area (Å²) in [6.07, 6.45) is 1.84. The first-order chi connectivity index (χ1) is 14.0. The normalized spacial score (nSPS) is 21.0. The number of H-pyrrole nitrogens is 1. The molecule has 1 amide bonds. The molecule has 150 valence electrons. The monoisotopic (exact) mass is 404 g/mol. The highest BCUT2D eigenvalue weighted by atomic mass is 19.1. The molecule has 2 aromatic heterocycles. The van der Waals surface area contributed by atoms with Crippen LogP contribution in [0.3, 0.4) is 0 Å². The van der Waals surface area contributed by atoms with Crippen molar-refractivity contribution in [1.29, 1.82) is 0 Å².